The topological polar surface area (TPSA) is 67.2 Å². The van der Waals surface area contributed by atoms with Crippen molar-refractivity contribution in [3.05, 3.63) is 95.1 Å². The summed E-state index contributed by atoms with van der Waals surface area (Å²) < 4.78 is 2.44. The number of nitrogens with zero attached hydrogens (tertiary/aromatic N) is 2. The van der Waals surface area contributed by atoms with E-state index >= 15 is 0 Å². The molecular weight excluding hydrogens is 681 g/mol. The van der Waals surface area contributed by atoms with Gasteiger partial charge in [-0.05, 0) is 98.8 Å². The maximum absolute atomic E-state index is 11.6. The zero-order valence-electron chi connectivity index (χ0n) is 32.8. The van der Waals surface area contributed by atoms with Crippen LogP contribution in [0.5, 0.6) is 17.2 Å². The van der Waals surface area contributed by atoms with E-state index in [4.69, 9.17) is 15.7 Å². The molecule has 3 N–H and O–H groups in total. The van der Waals surface area contributed by atoms with Gasteiger partial charge < -0.3 is 25.1 Å². The Morgan fingerprint density at radius 2 is 1.13 bits per heavy atom. The minimum absolute atomic E-state index is 0.00962. The maximum Gasteiger partial charge on any atom is 0.264 e. The van der Waals surface area contributed by atoms with E-state index in [1.54, 1.807) is 0 Å². The van der Waals surface area contributed by atoms with Gasteiger partial charge >= 0.3 is 0 Å². The van der Waals surface area contributed by atoms with Crippen LogP contribution in [0.25, 0.3) is 10.1 Å². The molecule has 268 valence electrons. The second kappa shape index (κ2) is 11.9. The van der Waals surface area contributed by atoms with Gasteiger partial charge in [0.05, 0.1) is 11.4 Å². The van der Waals surface area contributed by atoms with Gasteiger partial charge in [-0.15, -0.1) is 11.3 Å². The molecule has 0 atom stereocenters. The molecule has 0 saturated heterocycles. The molecule has 0 aliphatic carbocycles. The summed E-state index contributed by atoms with van der Waals surface area (Å²) in [5.41, 5.74) is 11.4. The first-order valence-electron chi connectivity index (χ1n) is 18.6. The fourth-order valence-electron chi connectivity index (χ4n) is 8.14. The van der Waals surface area contributed by atoms with E-state index in [0.29, 0.717) is 0 Å². The molecule has 0 saturated carbocycles. The van der Waals surface area contributed by atoms with Crippen LogP contribution in [-0.4, -0.2) is 37.7 Å². The van der Waals surface area contributed by atoms with Gasteiger partial charge in [0.1, 0.15) is 15.7 Å². The lowest BCUT2D eigenvalue weighted by Gasteiger charge is -2.44. The summed E-state index contributed by atoms with van der Waals surface area (Å²) in [6.07, 6.45) is 0. The summed E-state index contributed by atoms with van der Waals surface area (Å²) in [7, 11) is 13.0. The van der Waals surface area contributed by atoms with Crippen molar-refractivity contribution in [3.63, 3.8) is 0 Å². The van der Waals surface area contributed by atoms with Crippen molar-refractivity contribution in [1.29, 1.82) is 0 Å². The van der Waals surface area contributed by atoms with E-state index in [9.17, 15) is 15.3 Å². The number of rotatable bonds is 2. The third kappa shape index (κ3) is 5.37. The number of benzene rings is 5. The molecule has 3 heterocycles. The van der Waals surface area contributed by atoms with Gasteiger partial charge in [0.25, 0.3) is 6.71 Å². The number of thiophene rings is 1. The predicted molar refractivity (Wildman–Crippen MR) is 232 cm³/mol. The molecule has 54 heavy (non-hydrogen) atoms. The summed E-state index contributed by atoms with van der Waals surface area (Å²) in [6.45, 7) is 22.0. The predicted octanol–water partition coefficient (Wildman–Crippen LogP) is 7.89. The minimum atomic E-state index is -0.713. The van der Waals surface area contributed by atoms with E-state index in [2.05, 4.69) is 147 Å². The van der Waals surface area contributed by atoms with Gasteiger partial charge in [0.2, 0.25) is 5.75 Å². The van der Waals surface area contributed by atoms with Gasteiger partial charge in [0, 0.05) is 37.6 Å². The van der Waals surface area contributed by atoms with Crippen LogP contribution < -0.4 is 36.4 Å². The van der Waals surface area contributed by atoms with Gasteiger partial charge in [0.15, 0.2) is 11.5 Å². The standard InChI is InChI=1S/C45H45B3N2O3S/c1-23-19-31-36-32(20-23)50(38-34(46)35(47)39(51)41(53)40(38)52)30-17-13-26(45(8,9)10)22-29(30)48(36)42-37(28-21-25(44(5,6)7)14-18-33(28)54-42)49(31)27-15-11-24(12-16-27)43(2,3)4/h11-22,51-53H,1-10H3. The first-order valence-corrected chi connectivity index (χ1v) is 19.4. The number of hydrogen-bond acceptors (Lipinski definition) is 6. The fraction of sp³-hybridized carbons (Fsp3) is 0.289. The van der Waals surface area contributed by atoms with Crippen molar-refractivity contribution in [2.45, 2.75) is 85.5 Å². The zero-order chi connectivity index (χ0) is 39.0. The minimum Gasteiger partial charge on any atom is -0.505 e. The van der Waals surface area contributed by atoms with Crippen LogP contribution in [0, 0.1) is 6.92 Å². The van der Waals surface area contributed by atoms with Crippen LogP contribution >= 0.6 is 11.3 Å². The molecule has 5 aromatic carbocycles. The molecule has 4 radical (unpaired) electrons. The molecule has 0 spiro atoms. The van der Waals surface area contributed by atoms with E-state index < -0.39 is 17.2 Å². The van der Waals surface area contributed by atoms with Gasteiger partial charge in [-0.25, -0.2) is 0 Å². The quantitative estimate of drug-likeness (QED) is 0.125. The average Bonchev–Trinajstić information content (AvgIpc) is 3.48. The van der Waals surface area contributed by atoms with Crippen molar-refractivity contribution < 1.29 is 15.3 Å². The van der Waals surface area contributed by atoms with E-state index in [0.717, 1.165) is 39.2 Å². The Morgan fingerprint density at radius 1 is 0.574 bits per heavy atom. The SMILES string of the molecule is [B]c1c([B])c(N2c3ccc(C(C)(C)C)cc3B3c4sc5ccc(C(C)(C)C)cc5c4N(c4ccc(C(C)(C)C)cc4)c4cc(C)cc2c43)c(O)c(O)c1O. The zero-order valence-corrected chi connectivity index (χ0v) is 33.6. The van der Waals surface area contributed by atoms with E-state index in [1.165, 1.54) is 37.2 Å². The summed E-state index contributed by atoms with van der Waals surface area (Å²) in [4.78, 5) is 4.33. The highest BCUT2D eigenvalue weighted by Gasteiger charge is 2.46. The Labute approximate surface area is 326 Å². The van der Waals surface area contributed by atoms with Crippen LogP contribution in [0.2, 0.25) is 0 Å². The van der Waals surface area contributed by atoms with Crippen molar-refractivity contribution in [2.24, 2.45) is 0 Å². The first-order chi connectivity index (χ1) is 25.2. The first kappa shape index (κ1) is 36.2. The molecule has 5 nitrogen and oxygen atoms in total. The third-order valence-corrected chi connectivity index (χ3v) is 12.4. The smallest absolute Gasteiger partial charge is 0.264 e. The molecule has 8 rings (SSSR count). The van der Waals surface area contributed by atoms with Crippen molar-refractivity contribution in [3.8, 4) is 17.2 Å². The number of aromatic hydroxyl groups is 3. The van der Waals surface area contributed by atoms with Crippen LogP contribution in [0.3, 0.4) is 0 Å². The number of aryl methyl sites for hydroxylation is 1. The Kier molecular flexibility index (Phi) is 7.97. The van der Waals surface area contributed by atoms with Crippen LogP contribution in [0.4, 0.5) is 34.1 Å². The molecule has 0 unspecified atom stereocenters. The average molecular weight is 726 g/mol. The Balaban J connectivity index is 1.53. The molecule has 2 aliphatic heterocycles. The maximum atomic E-state index is 11.6. The van der Waals surface area contributed by atoms with Gasteiger partial charge in [-0.3, -0.25) is 0 Å². The largest absolute Gasteiger partial charge is 0.505 e. The van der Waals surface area contributed by atoms with Crippen LogP contribution in [0.15, 0.2) is 72.8 Å². The number of hydrogen-bond donors (Lipinski definition) is 3. The lowest BCUT2D eigenvalue weighted by Crippen LogP contribution is -2.61. The van der Waals surface area contributed by atoms with Crippen LogP contribution in [0.1, 0.15) is 84.6 Å². The van der Waals surface area contributed by atoms with Gasteiger partial charge in [-0.2, -0.15) is 0 Å². The summed E-state index contributed by atoms with van der Waals surface area (Å²) >= 11 is 1.83. The highest BCUT2D eigenvalue weighted by atomic mass is 32.1. The normalized spacial score (nSPS) is 14.0. The second-order valence-electron chi connectivity index (χ2n) is 18.1. The van der Waals surface area contributed by atoms with E-state index in [1.807, 2.05) is 16.2 Å². The molecule has 9 heteroatoms. The molecule has 0 bridgehead atoms. The number of phenolic OH excluding ortho intramolecular Hbond substituents is 3. The van der Waals surface area contributed by atoms with Crippen molar-refractivity contribution in [2.75, 3.05) is 9.80 Å². The molecule has 6 aromatic rings. The second-order valence-corrected chi connectivity index (χ2v) is 19.2. The highest BCUT2D eigenvalue weighted by molar-refractivity contribution is 7.33. The molecule has 1 aromatic heterocycles. The number of fused-ring (bicyclic) bond motifs is 6. The van der Waals surface area contributed by atoms with Crippen LogP contribution in [-0.2, 0) is 16.2 Å². The molecule has 2 aliphatic rings. The number of anilines is 6. The third-order valence-electron chi connectivity index (χ3n) is 11.2. The lowest BCUT2D eigenvalue weighted by molar-refractivity contribution is 0.371. The summed E-state index contributed by atoms with van der Waals surface area (Å²) in [5.74, 6) is -1.90. The Hall–Kier alpha value is -4.75. The van der Waals surface area contributed by atoms with Crippen molar-refractivity contribution in [1.82, 2.24) is 0 Å². The van der Waals surface area contributed by atoms with Gasteiger partial charge in [-0.1, -0.05) is 104 Å². The Bertz CT molecular complexity index is 2510. The summed E-state index contributed by atoms with van der Waals surface area (Å²) in [5, 5.41) is 34.4. The molecule has 0 fully saturated rings. The monoisotopic (exact) mass is 726 g/mol. The molecule has 0 amide bonds. The fourth-order valence-corrected chi connectivity index (χ4v) is 9.44. The highest BCUT2D eigenvalue weighted by Crippen LogP contribution is 2.51. The lowest BCUT2D eigenvalue weighted by atomic mass is 9.36. The van der Waals surface area contributed by atoms with E-state index in [-0.39, 0.29) is 39.6 Å². The Morgan fingerprint density at radius 3 is 1.74 bits per heavy atom. The number of phenols is 3. The molecular formula is C45H45B3N2O3S. The van der Waals surface area contributed by atoms with Crippen molar-refractivity contribution >= 4 is 105 Å². The summed E-state index contributed by atoms with van der Waals surface area (Å²) in [6, 6.07) is 26.7.